The van der Waals surface area contributed by atoms with Crippen molar-refractivity contribution in [1.82, 2.24) is 4.90 Å². The molecule has 0 bridgehead atoms. The molecule has 1 saturated heterocycles. The summed E-state index contributed by atoms with van der Waals surface area (Å²) in [5.74, 6) is -1.03. The summed E-state index contributed by atoms with van der Waals surface area (Å²) in [4.78, 5) is 37.9. The Bertz CT molecular complexity index is 843. The Balaban J connectivity index is 1.58. The fourth-order valence-corrected chi connectivity index (χ4v) is 3.07. The highest BCUT2D eigenvalue weighted by Crippen LogP contribution is 2.22. The molecule has 2 aromatic rings. The summed E-state index contributed by atoms with van der Waals surface area (Å²) in [6.07, 6.45) is 0.206. The summed E-state index contributed by atoms with van der Waals surface area (Å²) >= 11 is 0. The van der Waals surface area contributed by atoms with Gasteiger partial charge in [0.2, 0.25) is 11.8 Å². The molecule has 2 aromatic carbocycles. The first-order valence-corrected chi connectivity index (χ1v) is 8.79. The molecule has 1 fully saturated rings. The monoisotopic (exact) mass is 366 g/mol. The number of esters is 1. The van der Waals surface area contributed by atoms with E-state index in [2.05, 4.69) is 10.1 Å². The summed E-state index contributed by atoms with van der Waals surface area (Å²) in [6.45, 7) is 2.93. The minimum absolute atomic E-state index is 0.0169. The third kappa shape index (κ3) is 4.53. The maximum atomic E-state index is 12.5. The molecular formula is C21H22N2O4. The van der Waals surface area contributed by atoms with Crippen molar-refractivity contribution < 1.29 is 19.1 Å². The number of hydrogen-bond acceptors (Lipinski definition) is 4. The van der Waals surface area contributed by atoms with Crippen LogP contribution >= 0.6 is 0 Å². The van der Waals surface area contributed by atoms with E-state index in [4.69, 9.17) is 0 Å². The van der Waals surface area contributed by atoms with Crippen LogP contribution in [0.4, 0.5) is 5.69 Å². The molecular weight excluding hydrogens is 344 g/mol. The average Bonchev–Trinajstić information content (AvgIpc) is 3.04. The Kier molecular flexibility index (Phi) is 5.54. The van der Waals surface area contributed by atoms with Gasteiger partial charge in [-0.3, -0.25) is 9.59 Å². The number of likely N-dealkylation sites (tertiary alicyclic amines) is 1. The predicted octanol–water partition coefficient (Wildman–Crippen LogP) is 2.77. The largest absolute Gasteiger partial charge is 0.465 e. The number of rotatable bonds is 5. The van der Waals surface area contributed by atoms with Gasteiger partial charge in [-0.2, -0.15) is 0 Å². The number of aryl methyl sites for hydroxylation is 1. The van der Waals surface area contributed by atoms with Crippen molar-refractivity contribution in [2.75, 3.05) is 19.0 Å². The Morgan fingerprint density at radius 3 is 2.41 bits per heavy atom. The lowest BCUT2D eigenvalue weighted by atomic mass is 10.1. The SMILES string of the molecule is COC(=O)c1ccc(NC(=O)C2CC(=O)N(Cc3ccc(C)cc3)C2)cc1. The van der Waals surface area contributed by atoms with Gasteiger partial charge in [0.25, 0.3) is 0 Å². The van der Waals surface area contributed by atoms with Gasteiger partial charge >= 0.3 is 5.97 Å². The van der Waals surface area contributed by atoms with Crippen LogP contribution in [0, 0.1) is 12.8 Å². The standard InChI is InChI=1S/C21H22N2O4/c1-14-3-5-15(6-4-14)12-23-13-17(11-19(23)24)20(25)22-18-9-7-16(8-10-18)21(26)27-2/h3-10,17H,11-13H2,1-2H3,(H,22,25). The second-order valence-electron chi connectivity index (χ2n) is 6.72. The van der Waals surface area contributed by atoms with E-state index in [1.807, 2.05) is 31.2 Å². The van der Waals surface area contributed by atoms with Crippen molar-refractivity contribution in [2.24, 2.45) is 5.92 Å². The van der Waals surface area contributed by atoms with Crippen molar-refractivity contribution >= 4 is 23.5 Å². The molecule has 0 spiro atoms. The molecule has 0 radical (unpaired) electrons. The van der Waals surface area contributed by atoms with Crippen LogP contribution in [0.5, 0.6) is 0 Å². The maximum absolute atomic E-state index is 12.5. The fourth-order valence-electron chi connectivity index (χ4n) is 3.07. The van der Waals surface area contributed by atoms with Gasteiger partial charge in [0.1, 0.15) is 0 Å². The topological polar surface area (TPSA) is 75.7 Å². The van der Waals surface area contributed by atoms with Gasteiger partial charge in [-0.25, -0.2) is 4.79 Å². The van der Waals surface area contributed by atoms with E-state index in [9.17, 15) is 14.4 Å². The Morgan fingerprint density at radius 2 is 1.78 bits per heavy atom. The quantitative estimate of drug-likeness (QED) is 0.826. The first-order chi connectivity index (χ1) is 13.0. The molecule has 1 aliphatic rings. The second kappa shape index (κ2) is 8.03. The van der Waals surface area contributed by atoms with E-state index in [0.717, 1.165) is 5.56 Å². The van der Waals surface area contributed by atoms with Crippen molar-refractivity contribution in [1.29, 1.82) is 0 Å². The van der Waals surface area contributed by atoms with Crippen LogP contribution in [0.1, 0.15) is 27.9 Å². The molecule has 1 unspecified atom stereocenters. The highest BCUT2D eigenvalue weighted by atomic mass is 16.5. The number of hydrogen-bond donors (Lipinski definition) is 1. The van der Waals surface area contributed by atoms with Crippen molar-refractivity contribution in [3.63, 3.8) is 0 Å². The van der Waals surface area contributed by atoms with Gasteiger partial charge in [-0.15, -0.1) is 0 Å². The minimum Gasteiger partial charge on any atom is -0.465 e. The van der Waals surface area contributed by atoms with Gasteiger partial charge in [0.05, 0.1) is 18.6 Å². The van der Waals surface area contributed by atoms with Crippen LogP contribution < -0.4 is 5.32 Å². The number of carbonyl (C=O) groups is 3. The summed E-state index contributed by atoms with van der Waals surface area (Å²) < 4.78 is 4.65. The normalized spacial score (nSPS) is 16.3. The molecule has 0 saturated carbocycles. The summed E-state index contributed by atoms with van der Waals surface area (Å²) in [5.41, 5.74) is 3.21. The van der Waals surface area contributed by atoms with Gasteiger partial charge in [-0.1, -0.05) is 29.8 Å². The van der Waals surface area contributed by atoms with Crippen LogP contribution in [-0.2, 0) is 20.9 Å². The molecule has 2 amide bonds. The van der Waals surface area contributed by atoms with Crippen molar-refractivity contribution in [3.05, 3.63) is 65.2 Å². The zero-order chi connectivity index (χ0) is 19.4. The summed E-state index contributed by atoms with van der Waals surface area (Å²) in [7, 11) is 1.32. The van der Waals surface area contributed by atoms with Gasteiger partial charge in [-0.05, 0) is 36.8 Å². The first-order valence-electron chi connectivity index (χ1n) is 8.79. The number of ether oxygens (including phenoxy) is 1. The number of amides is 2. The van der Waals surface area contributed by atoms with Gasteiger partial charge in [0, 0.05) is 25.2 Å². The molecule has 0 aliphatic carbocycles. The third-order valence-corrected chi connectivity index (χ3v) is 4.65. The van der Waals surface area contributed by atoms with E-state index in [-0.39, 0.29) is 24.2 Å². The lowest BCUT2D eigenvalue weighted by molar-refractivity contribution is -0.128. The number of nitrogens with zero attached hydrogens (tertiary/aromatic N) is 1. The number of anilines is 1. The molecule has 1 heterocycles. The molecule has 6 heteroatoms. The van der Waals surface area contributed by atoms with Gasteiger partial charge < -0.3 is 15.0 Å². The lowest BCUT2D eigenvalue weighted by Gasteiger charge is -2.17. The highest BCUT2D eigenvalue weighted by molar-refractivity contribution is 5.97. The molecule has 6 nitrogen and oxygen atoms in total. The minimum atomic E-state index is -0.430. The van der Waals surface area contributed by atoms with E-state index in [0.29, 0.717) is 24.3 Å². The van der Waals surface area contributed by atoms with Crippen molar-refractivity contribution in [3.8, 4) is 0 Å². The number of carbonyl (C=O) groups excluding carboxylic acids is 3. The molecule has 3 rings (SSSR count). The van der Waals surface area contributed by atoms with Crippen LogP contribution in [-0.4, -0.2) is 36.3 Å². The highest BCUT2D eigenvalue weighted by Gasteiger charge is 2.34. The molecule has 27 heavy (non-hydrogen) atoms. The van der Waals surface area contributed by atoms with E-state index in [1.54, 1.807) is 29.2 Å². The molecule has 0 aromatic heterocycles. The Labute approximate surface area is 158 Å². The Morgan fingerprint density at radius 1 is 1.11 bits per heavy atom. The molecule has 1 aliphatic heterocycles. The maximum Gasteiger partial charge on any atom is 0.337 e. The first kappa shape index (κ1) is 18.6. The second-order valence-corrected chi connectivity index (χ2v) is 6.72. The average molecular weight is 366 g/mol. The third-order valence-electron chi connectivity index (χ3n) is 4.65. The zero-order valence-corrected chi connectivity index (χ0v) is 15.4. The summed E-state index contributed by atoms with van der Waals surface area (Å²) in [6, 6.07) is 14.5. The number of benzene rings is 2. The van der Waals surface area contributed by atoms with E-state index >= 15 is 0 Å². The smallest absolute Gasteiger partial charge is 0.337 e. The van der Waals surface area contributed by atoms with Crippen LogP contribution in [0.25, 0.3) is 0 Å². The Hall–Kier alpha value is -3.15. The molecule has 1 atom stereocenters. The number of nitrogens with one attached hydrogen (secondary N) is 1. The predicted molar refractivity (Wildman–Crippen MR) is 101 cm³/mol. The van der Waals surface area contributed by atoms with Crippen LogP contribution in [0.2, 0.25) is 0 Å². The number of methoxy groups -OCH3 is 1. The summed E-state index contributed by atoms with van der Waals surface area (Å²) in [5, 5.41) is 2.81. The fraction of sp³-hybridized carbons (Fsp3) is 0.286. The molecule has 140 valence electrons. The zero-order valence-electron chi connectivity index (χ0n) is 15.4. The lowest BCUT2D eigenvalue weighted by Crippen LogP contribution is -2.28. The van der Waals surface area contributed by atoms with Crippen LogP contribution in [0.15, 0.2) is 48.5 Å². The molecule has 1 N–H and O–H groups in total. The van der Waals surface area contributed by atoms with Gasteiger partial charge in [0.15, 0.2) is 0 Å². The van der Waals surface area contributed by atoms with E-state index in [1.165, 1.54) is 12.7 Å². The van der Waals surface area contributed by atoms with E-state index < -0.39 is 5.97 Å². The van der Waals surface area contributed by atoms with Crippen LogP contribution in [0.3, 0.4) is 0 Å². The van der Waals surface area contributed by atoms with Crippen molar-refractivity contribution in [2.45, 2.75) is 19.9 Å².